The van der Waals surface area contributed by atoms with Crippen LogP contribution in [0, 0.1) is 0 Å². The predicted octanol–water partition coefficient (Wildman–Crippen LogP) is 6.80. The average molecular weight is 290 g/mol. The summed E-state index contributed by atoms with van der Waals surface area (Å²) in [5, 5.41) is 0. The van der Waals surface area contributed by atoms with Crippen LogP contribution in [0.4, 0.5) is 0 Å². The molecule has 0 saturated heterocycles. The van der Waals surface area contributed by atoms with E-state index in [-0.39, 0.29) is 0 Å². The van der Waals surface area contributed by atoms with Gasteiger partial charge in [-0.25, -0.2) is 0 Å². The lowest BCUT2D eigenvalue weighted by Crippen LogP contribution is -1.63. The van der Waals surface area contributed by atoms with Gasteiger partial charge < -0.3 is 0 Å². The van der Waals surface area contributed by atoms with Crippen LogP contribution in [0.15, 0.2) is 99.1 Å². The molecular weight excluding hydrogens is 264 g/mol. The van der Waals surface area contributed by atoms with Crippen molar-refractivity contribution in [2.24, 2.45) is 0 Å². The number of rotatable bonds is 5. The van der Waals surface area contributed by atoms with Crippen LogP contribution in [0.1, 0.15) is 24.0 Å². The molecule has 0 spiro atoms. The van der Waals surface area contributed by atoms with Crippen LogP contribution in [0.2, 0.25) is 0 Å². The molecule has 0 bridgehead atoms. The summed E-state index contributed by atoms with van der Waals surface area (Å²) in [5.41, 5.74) is 2.35. The molecule has 114 valence electrons. The number of hydrogen-bond acceptors (Lipinski definition) is 0. The highest BCUT2D eigenvalue weighted by Crippen LogP contribution is 1.98. The van der Waals surface area contributed by atoms with E-state index in [1.807, 2.05) is 85.0 Å². The summed E-state index contributed by atoms with van der Waals surface area (Å²) >= 11 is 0. The monoisotopic (exact) mass is 290 g/mol. The van der Waals surface area contributed by atoms with Crippen LogP contribution in [0.5, 0.6) is 0 Å². The fraction of sp³-hybridized carbons (Fsp3) is 0.0909. The first kappa shape index (κ1) is 19.4. The smallest absolute Gasteiger partial charge is 0.0263 e. The van der Waals surface area contributed by atoms with Gasteiger partial charge in [-0.2, -0.15) is 0 Å². The lowest BCUT2D eigenvalue weighted by molar-refractivity contribution is 1.06. The Morgan fingerprint density at radius 1 is 0.545 bits per heavy atom. The van der Waals surface area contributed by atoms with Crippen LogP contribution in [-0.4, -0.2) is 0 Å². The molecule has 0 fully saturated rings. The molecule has 2 aromatic carbocycles. The second-order valence-corrected chi connectivity index (χ2v) is 4.38. The fourth-order valence-electron chi connectivity index (χ4n) is 1.41. The van der Waals surface area contributed by atoms with E-state index in [2.05, 4.69) is 26.3 Å². The number of hydrogen-bond donors (Lipinski definition) is 0. The molecule has 0 atom stereocenters. The van der Waals surface area contributed by atoms with Crippen molar-refractivity contribution in [1.82, 2.24) is 0 Å². The highest BCUT2D eigenvalue weighted by Gasteiger charge is 1.76. The first-order valence-electron chi connectivity index (χ1n) is 7.35. The van der Waals surface area contributed by atoms with Crippen molar-refractivity contribution in [3.8, 4) is 0 Å². The third-order valence-corrected chi connectivity index (χ3v) is 2.65. The summed E-state index contributed by atoms with van der Waals surface area (Å²) < 4.78 is 0. The summed E-state index contributed by atoms with van der Waals surface area (Å²) in [6.07, 6.45) is 9.57. The Morgan fingerprint density at radius 3 is 1.05 bits per heavy atom. The van der Waals surface area contributed by atoms with Gasteiger partial charge in [-0.15, -0.1) is 13.2 Å². The van der Waals surface area contributed by atoms with Gasteiger partial charge in [0.15, 0.2) is 0 Å². The van der Waals surface area contributed by atoms with Gasteiger partial charge in [0, 0.05) is 0 Å². The zero-order valence-corrected chi connectivity index (χ0v) is 13.3. The minimum atomic E-state index is 1.06. The van der Waals surface area contributed by atoms with E-state index in [4.69, 9.17) is 0 Å². The van der Waals surface area contributed by atoms with Crippen molar-refractivity contribution in [3.05, 3.63) is 110 Å². The van der Waals surface area contributed by atoms with E-state index in [9.17, 15) is 0 Å². The van der Waals surface area contributed by atoms with E-state index in [0.29, 0.717) is 0 Å². The van der Waals surface area contributed by atoms with Crippen molar-refractivity contribution >= 4 is 12.2 Å². The lowest BCUT2D eigenvalue weighted by atomic mass is 10.2. The highest BCUT2D eigenvalue weighted by atomic mass is 13.8. The summed E-state index contributed by atoms with van der Waals surface area (Å²) in [4.78, 5) is 0. The molecule has 0 heterocycles. The molecule has 2 aromatic rings. The zero-order chi connectivity index (χ0) is 16.5. The van der Waals surface area contributed by atoms with Gasteiger partial charge in [-0.1, -0.05) is 98.1 Å². The first-order chi connectivity index (χ1) is 10.8. The maximum Gasteiger partial charge on any atom is -0.0263 e. The Labute approximate surface area is 135 Å². The van der Waals surface area contributed by atoms with Crippen molar-refractivity contribution in [3.63, 3.8) is 0 Å². The molecule has 0 amide bonds. The topological polar surface area (TPSA) is 0 Å². The molecule has 0 heteroatoms. The SMILES string of the molecule is C=CCCC=C.C=Cc1ccccc1.C=Cc1ccccc1. The van der Waals surface area contributed by atoms with E-state index < -0.39 is 0 Å². The molecule has 2 rings (SSSR count). The Kier molecular flexibility index (Phi) is 13.1. The second-order valence-electron chi connectivity index (χ2n) is 4.38. The van der Waals surface area contributed by atoms with E-state index in [1.165, 1.54) is 11.1 Å². The molecule has 0 nitrogen and oxygen atoms in total. The molecular formula is C22H26. The maximum absolute atomic E-state index is 3.63. The zero-order valence-electron chi connectivity index (χ0n) is 13.3. The lowest BCUT2D eigenvalue weighted by Gasteiger charge is -1.85. The molecule has 0 aliphatic carbocycles. The summed E-state index contributed by atoms with van der Waals surface area (Å²) in [6.45, 7) is 14.4. The third-order valence-electron chi connectivity index (χ3n) is 2.65. The summed E-state index contributed by atoms with van der Waals surface area (Å²) in [7, 11) is 0. The van der Waals surface area contributed by atoms with Gasteiger partial charge >= 0.3 is 0 Å². The molecule has 0 radical (unpaired) electrons. The molecule has 0 unspecified atom stereocenters. The minimum absolute atomic E-state index is 1.06. The first-order valence-corrected chi connectivity index (χ1v) is 7.35. The Bertz CT molecular complexity index is 469. The van der Waals surface area contributed by atoms with Crippen molar-refractivity contribution < 1.29 is 0 Å². The molecule has 0 aromatic heterocycles. The Morgan fingerprint density at radius 2 is 0.864 bits per heavy atom. The normalized spacial score (nSPS) is 8.18. The van der Waals surface area contributed by atoms with Crippen LogP contribution in [-0.2, 0) is 0 Å². The highest BCUT2D eigenvalue weighted by molar-refractivity contribution is 5.46. The second kappa shape index (κ2) is 14.8. The molecule has 0 N–H and O–H groups in total. The van der Waals surface area contributed by atoms with Crippen molar-refractivity contribution in [1.29, 1.82) is 0 Å². The predicted molar refractivity (Wildman–Crippen MR) is 103 cm³/mol. The van der Waals surface area contributed by atoms with Gasteiger partial charge in [-0.05, 0) is 24.0 Å². The Hall–Kier alpha value is -2.60. The van der Waals surface area contributed by atoms with Crippen LogP contribution in [0.25, 0.3) is 12.2 Å². The molecule has 22 heavy (non-hydrogen) atoms. The van der Waals surface area contributed by atoms with E-state index in [0.717, 1.165) is 12.8 Å². The van der Waals surface area contributed by atoms with Crippen LogP contribution in [0.3, 0.4) is 0 Å². The molecule has 0 aliphatic heterocycles. The van der Waals surface area contributed by atoms with Gasteiger partial charge in [0.1, 0.15) is 0 Å². The van der Waals surface area contributed by atoms with E-state index >= 15 is 0 Å². The van der Waals surface area contributed by atoms with Crippen LogP contribution >= 0.6 is 0 Å². The maximum atomic E-state index is 3.63. The number of benzene rings is 2. The Balaban J connectivity index is 0.000000306. The standard InChI is InChI=1S/2C8H8.C6H10/c2*1-2-8-6-4-3-5-7-8;1-3-5-6-4-2/h2*2-7H,1H2;3-4H,1-2,5-6H2. The van der Waals surface area contributed by atoms with E-state index in [1.54, 1.807) is 0 Å². The van der Waals surface area contributed by atoms with Crippen molar-refractivity contribution in [2.45, 2.75) is 12.8 Å². The summed E-state index contributed by atoms with van der Waals surface area (Å²) in [6, 6.07) is 20.1. The summed E-state index contributed by atoms with van der Waals surface area (Å²) in [5.74, 6) is 0. The largest absolute Gasteiger partial charge is 0.103 e. The molecule has 0 saturated carbocycles. The third kappa shape index (κ3) is 11.2. The van der Waals surface area contributed by atoms with Gasteiger partial charge in [0.2, 0.25) is 0 Å². The molecule has 0 aliphatic rings. The van der Waals surface area contributed by atoms with Gasteiger partial charge in [0.25, 0.3) is 0 Å². The average Bonchev–Trinajstić information content (AvgIpc) is 2.62. The quantitative estimate of drug-likeness (QED) is 0.419. The number of allylic oxidation sites excluding steroid dienone is 2. The van der Waals surface area contributed by atoms with Gasteiger partial charge in [0.05, 0.1) is 0 Å². The minimum Gasteiger partial charge on any atom is -0.103 e. The van der Waals surface area contributed by atoms with Crippen molar-refractivity contribution in [2.75, 3.05) is 0 Å². The van der Waals surface area contributed by atoms with Crippen LogP contribution < -0.4 is 0 Å². The fourth-order valence-corrected chi connectivity index (χ4v) is 1.41. The number of unbranched alkanes of at least 4 members (excludes halogenated alkanes) is 1. The van der Waals surface area contributed by atoms with Gasteiger partial charge in [-0.3, -0.25) is 0 Å².